The van der Waals surface area contributed by atoms with Crippen LogP contribution in [-0.4, -0.2) is 43.9 Å². The van der Waals surface area contributed by atoms with Crippen molar-refractivity contribution in [2.24, 2.45) is 0 Å². The second kappa shape index (κ2) is 8.67. The van der Waals surface area contributed by atoms with E-state index in [9.17, 15) is 4.79 Å². The lowest BCUT2D eigenvalue weighted by Crippen LogP contribution is -2.24. The summed E-state index contributed by atoms with van der Waals surface area (Å²) in [5.41, 5.74) is 2.79. The summed E-state index contributed by atoms with van der Waals surface area (Å²) in [5, 5.41) is 4.11. The third-order valence-electron chi connectivity index (χ3n) is 5.50. The molecule has 1 aromatic heterocycles. The summed E-state index contributed by atoms with van der Waals surface area (Å²) in [6, 6.07) is 11.6. The standard InChI is InChI=1S/C23H25N3O5/c1-5-14-6-8-17(9-7-14)26-13-16(12-20(26)27)23-24-22(25-31-23)15-10-18(28-2)21(30-4)19(11-15)29-3/h6-11,16H,5,12-13H2,1-4H3/t16-/m0/s1. The fourth-order valence-electron chi connectivity index (χ4n) is 3.76. The van der Waals surface area contributed by atoms with Gasteiger partial charge < -0.3 is 23.6 Å². The van der Waals surface area contributed by atoms with Crippen LogP contribution in [0.3, 0.4) is 0 Å². The monoisotopic (exact) mass is 423 g/mol. The minimum Gasteiger partial charge on any atom is -0.493 e. The number of anilines is 1. The molecule has 0 saturated carbocycles. The molecule has 0 spiro atoms. The molecule has 4 rings (SSSR count). The van der Waals surface area contributed by atoms with Gasteiger partial charge in [0.2, 0.25) is 23.4 Å². The maximum absolute atomic E-state index is 12.6. The summed E-state index contributed by atoms with van der Waals surface area (Å²) in [5.74, 6) is 2.20. The molecular weight excluding hydrogens is 398 g/mol. The molecule has 2 aromatic carbocycles. The Morgan fingerprint density at radius 3 is 2.32 bits per heavy atom. The number of carbonyl (C=O) groups is 1. The predicted molar refractivity (Wildman–Crippen MR) is 115 cm³/mol. The van der Waals surface area contributed by atoms with Gasteiger partial charge in [0.05, 0.1) is 27.2 Å². The minimum absolute atomic E-state index is 0.0433. The molecule has 8 heteroatoms. The number of methoxy groups -OCH3 is 3. The molecule has 8 nitrogen and oxygen atoms in total. The van der Waals surface area contributed by atoms with E-state index in [4.69, 9.17) is 18.7 Å². The Labute approximate surface area is 180 Å². The van der Waals surface area contributed by atoms with Gasteiger partial charge in [-0.3, -0.25) is 4.79 Å². The van der Waals surface area contributed by atoms with Crippen molar-refractivity contribution < 1.29 is 23.5 Å². The van der Waals surface area contributed by atoms with E-state index in [2.05, 4.69) is 17.1 Å². The molecule has 0 N–H and O–H groups in total. The zero-order valence-electron chi connectivity index (χ0n) is 18.0. The Morgan fingerprint density at radius 1 is 1.06 bits per heavy atom. The van der Waals surface area contributed by atoms with E-state index in [0.29, 0.717) is 47.5 Å². The van der Waals surface area contributed by atoms with E-state index < -0.39 is 0 Å². The van der Waals surface area contributed by atoms with Crippen LogP contribution >= 0.6 is 0 Å². The molecule has 0 radical (unpaired) electrons. The van der Waals surface area contributed by atoms with Crippen LogP contribution in [-0.2, 0) is 11.2 Å². The molecule has 0 unspecified atom stereocenters. The Bertz CT molecular complexity index is 1050. The maximum Gasteiger partial charge on any atom is 0.232 e. The average molecular weight is 423 g/mol. The van der Waals surface area contributed by atoms with Crippen molar-refractivity contribution in [3.05, 3.63) is 47.9 Å². The van der Waals surface area contributed by atoms with E-state index in [-0.39, 0.29) is 11.8 Å². The zero-order chi connectivity index (χ0) is 22.0. The number of hydrogen-bond donors (Lipinski definition) is 0. The molecule has 1 atom stereocenters. The number of aromatic nitrogens is 2. The quantitative estimate of drug-likeness (QED) is 0.570. The predicted octanol–water partition coefficient (Wildman–Crippen LogP) is 3.85. The van der Waals surface area contributed by atoms with Crippen LogP contribution < -0.4 is 19.1 Å². The maximum atomic E-state index is 12.6. The van der Waals surface area contributed by atoms with Crippen molar-refractivity contribution in [1.82, 2.24) is 10.1 Å². The van der Waals surface area contributed by atoms with Gasteiger partial charge >= 0.3 is 0 Å². The molecule has 1 fully saturated rings. The van der Waals surface area contributed by atoms with Crippen molar-refractivity contribution >= 4 is 11.6 Å². The van der Waals surface area contributed by atoms with Crippen LogP contribution in [0, 0.1) is 0 Å². The molecule has 1 saturated heterocycles. The van der Waals surface area contributed by atoms with Crippen LogP contribution in [0.15, 0.2) is 40.9 Å². The molecular formula is C23H25N3O5. The van der Waals surface area contributed by atoms with Gasteiger partial charge in [-0.2, -0.15) is 4.98 Å². The number of amides is 1. The first-order valence-corrected chi connectivity index (χ1v) is 10.1. The first-order valence-electron chi connectivity index (χ1n) is 10.1. The fourth-order valence-corrected chi connectivity index (χ4v) is 3.76. The first-order chi connectivity index (χ1) is 15.1. The smallest absolute Gasteiger partial charge is 0.232 e. The van der Waals surface area contributed by atoms with Gasteiger partial charge in [-0.1, -0.05) is 24.2 Å². The molecule has 31 heavy (non-hydrogen) atoms. The lowest BCUT2D eigenvalue weighted by molar-refractivity contribution is -0.117. The summed E-state index contributed by atoms with van der Waals surface area (Å²) in [4.78, 5) is 18.9. The minimum atomic E-state index is -0.165. The molecule has 1 aliphatic rings. The van der Waals surface area contributed by atoms with Gasteiger partial charge in [0.25, 0.3) is 0 Å². The Morgan fingerprint density at radius 2 is 1.74 bits per heavy atom. The Hall–Kier alpha value is -3.55. The SMILES string of the molecule is CCc1ccc(N2C[C@@H](c3nc(-c4cc(OC)c(OC)c(OC)c4)no3)CC2=O)cc1. The summed E-state index contributed by atoms with van der Waals surface area (Å²) in [7, 11) is 4.65. The number of ether oxygens (including phenoxy) is 3. The Balaban J connectivity index is 1.57. The van der Waals surface area contributed by atoms with E-state index in [0.717, 1.165) is 12.1 Å². The topological polar surface area (TPSA) is 86.9 Å². The fraction of sp³-hybridized carbons (Fsp3) is 0.348. The van der Waals surface area contributed by atoms with Crippen molar-refractivity contribution in [3.63, 3.8) is 0 Å². The van der Waals surface area contributed by atoms with Crippen LogP contribution in [0.4, 0.5) is 5.69 Å². The number of carbonyl (C=O) groups excluding carboxylic acids is 1. The van der Waals surface area contributed by atoms with E-state index in [1.807, 2.05) is 24.3 Å². The van der Waals surface area contributed by atoms with Crippen molar-refractivity contribution in [1.29, 1.82) is 0 Å². The highest BCUT2D eigenvalue weighted by atomic mass is 16.5. The molecule has 0 aliphatic carbocycles. The number of benzene rings is 2. The highest BCUT2D eigenvalue weighted by Gasteiger charge is 2.35. The normalized spacial score (nSPS) is 15.9. The molecule has 1 amide bonds. The highest BCUT2D eigenvalue weighted by Crippen LogP contribution is 2.41. The molecule has 162 valence electrons. The average Bonchev–Trinajstić information content (AvgIpc) is 3.45. The molecule has 2 heterocycles. The van der Waals surface area contributed by atoms with Gasteiger partial charge in [0, 0.05) is 24.2 Å². The largest absolute Gasteiger partial charge is 0.493 e. The third kappa shape index (κ3) is 3.93. The number of nitrogens with zero attached hydrogens (tertiary/aromatic N) is 3. The third-order valence-corrected chi connectivity index (χ3v) is 5.50. The van der Waals surface area contributed by atoms with E-state index >= 15 is 0 Å². The number of rotatable bonds is 7. The van der Waals surface area contributed by atoms with Crippen LogP contribution in [0.1, 0.15) is 30.7 Å². The highest BCUT2D eigenvalue weighted by molar-refractivity contribution is 5.96. The Kier molecular flexibility index (Phi) is 5.79. The molecule has 3 aromatic rings. The van der Waals surface area contributed by atoms with Gasteiger partial charge in [-0.25, -0.2) is 0 Å². The van der Waals surface area contributed by atoms with E-state index in [1.165, 1.54) is 5.56 Å². The number of aryl methyl sites for hydroxylation is 1. The summed E-state index contributed by atoms with van der Waals surface area (Å²) in [6.07, 6.45) is 1.29. The van der Waals surface area contributed by atoms with Gasteiger partial charge in [-0.05, 0) is 36.2 Å². The van der Waals surface area contributed by atoms with Crippen LogP contribution in [0.25, 0.3) is 11.4 Å². The summed E-state index contributed by atoms with van der Waals surface area (Å²) < 4.78 is 21.7. The molecule has 0 bridgehead atoms. The summed E-state index contributed by atoms with van der Waals surface area (Å²) >= 11 is 0. The van der Waals surface area contributed by atoms with Crippen molar-refractivity contribution in [3.8, 4) is 28.6 Å². The zero-order valence-corrected chi connectivity index (χ0v) is 18.0. The second-order valence-corrected chi connectivity index (χ2v) is 7.30. The first kappa shape index (κ1) is 20.7. The van der Waals surface area contributed by atoms with Gasteiger partial charge in [-0.15, -0.1) is 0 Å². The second-order valence-electron chi connectivity index (χ2n) is 7.30. The number of hydrogen-bond acceptors (Lipinski definition) is 7. The van der Waals surface area contributed by atoms with E-state index in [1.54, 1.807) is 38.4 Å². The summed E-state index contributed by atoms with van der Waals surface area (Å²) in [6.45, 7) is 2.61. The van der Waals surface area contributed by atoms with Crippen LogP contribution in [0.5, 0.6) is 17.2 Å². The lowest BCUT2D eigenvalue weighted by Gasteiger charge is -2.16. The van der Waals surface area contributed by atoms with Gasteiger partial charge in [0.1, 0.15) is 0 Å². The van der Waals surface area contributed by atoms with Crippen LogP contribution in [0.2, 0.25) is 0 Å². The lowest BCUT2D eigenvalue weighted by atomic mass is 10.1. The van der Waals surface area contributed by atoms with Crippen molar-refractivity contribution in [2.45, 2.75) is 25.7 Å². The van der Waals surface area contributed by atoms with Gasteiger partial charge in [0.15, 0.2) is 11.5 Å². The van der Waals surface area contributed by atoms with Crippen molar-refractivity contribution in [2.75, 3.05) is 32.8 Å². The molecule has 1 aliphatic heterocycles.